The standard InChI is InChI=1S/C12H13ClN2O5/c13-7-1-4-10(15(18)19)11(5-7)20-6-9(12(16)17)14-8-2-3-8/h1,4-5,8-9,14H,2-3,6H2,(H,16,17). The number of aliphatic carboxylic acids is 1. The van der Waals surface area contributed by atoms with Crippen molar-refractivity contribution in [1.82, 2.24) is 5.32 Å². The average molecular weight is 301 g/mol. The fraction of sp³-hybridized carbons (Fsp3) is 0.417. The summed E-state index contributed by atoms with van der Waals surface area (Å²) in [5, 5.41) is 23.1. The summed E-state index contributed by atoms with van der Waals surface area (Å²) < 4.78 is 5.26. The van der Waals surface area contributed by atoms with Crippen LogP contribution in [0.4, 0.5) is 5.69 Å². The average Bonchev–Trinajstić information content (AvgIpc) is 3.17. The Morgan fingerprint density at radius 3 is 2.85 bits per heavy atom. The molecule has 0 aliphatic heterocycles. The van der Waals surface area contributed by atoms with Gasteiger partial charge in [0.25, 0.3) is 0 Å². The summed E-state index contributed by atoms with van der Waals surface area (Å²) in [7, 11) is 0. The van der Waals surface area contributed by atoms with Crippen molar-refractivity contribution in [2.24, 2.45) is 0 Å². The van der Waals surface area contributed by atoms with Crippen LogP contribution in [0.5, 0.6) is 5.75 Å². The van der Waals surface area contributed by atoms with E-state index in [1.807, 2.05) is 0 Å². The Balaban J connectivity index is 2.06. The summed E-state index contributed by atoms with van der Waals surface area (Å²) in [6.45, 7) is -0.201. The largest absolute Gasteiger partial charge is 0.484 e. The molecule has 0 heterocycles. The molecule has 1 aromatic carbocycles. The number of carboxylic acids is 1. The van der Waals surface area contributed by atoms with E-state index in [-0.39, 0.29) is 29.1 Å². The van der Waals surface area contributed by atoms with Gasteiger partial charge in [0.15, 0.2) is 5.75 Å². The molecule has 1 saturated carbocycles. The second-order valence-electron chi connectivity index (χ2n) is 4.51. The molecule has 0 aromatic heterocycles. The maximum Gasteiger partial charge on any atom is 0.324 e. The highest BCUT2D eigenvalue weighted by Gasteiger charge is 2.29. The number of halogens is 1. The molecule has 1 aromatic rings. The van der Waals surface area contributed by atoms with Crippen LogP contribution in [-0.4, -0.2) is 34.7 Å². The van der Waals surface area contributed by atoms with Gasteiger partial charge in [-0.2, -0.15) is 0 Å². The van der Waals surface area contributed by atoms with Crippen LogP contribution in [0.1, 0.15) is 12.8 Å². The smallest absolute Gasteiger partial charge is 0.324 e. The summed E-state index contributed by atoms with van der Waals surface area (Å²) in [5.41, 5.74) is -0.245. The molecule has 2 N–H and O–H groups in total. The Morgan fingerprint density at radius 2 is 2.30 bits per heavy atom. The minimum absolute atomic E-state index is 0.0358. The molecule has 1 unspecified atom stereocenters. The molecule has 20 heavy (non-hydrogen) atoms. The van der Waals surface area contributed by atoms with Gasteiger partial charge in [0.2, 0.25) is 0 Å². The molecular formula is C12H13ClN2O5. The molecule has 7 nitrogen and oxygen atoms in total. The second kappa shape index (κ2) is 6.06. The first-order chi connectivity index (χ1) is 9.47. The quantitative estimate of drug-likeness (QED) is 0.588. The lowest BCUT2D eigenvalue weighted by molar-refractivity contribution is -0.385. The zero-order chi connectivity index (χ0) is 14.7. The molecule has 108 valence electrons. The number of nitro groups is 1. The van der Waals surface area contributed by atoms with E-state index in [1.165, 1.54) is 18.2 Å². The number of carboxylic acid groups (broad SMARTS) is 1. The molecule has 2 rings (SSSR count). The lowest BCUT2D eigenvalue weighted by atomic mass is 10.3. The van der Waals surface area contributed by atoms with Crippen LogP contribution in [0.25, 0.3) is 0 Å². The van der Waals surface area contributed by atoms with E-state index in [9.17, 15) is 14.9 Å². The van der Waals surface area contributed by atoms with Gasteiger partial charge in [0.1, 0.15) is 12.6 Å². The zero-order valence-corrected chi connectivity index (χ0v) is 11.2. The van der Waals surface area contributed by atoms with E-state index < -0.39 is 16.9 Å². The summed E-state index contributed by atoms with van der Waals surface area (Å²) in [6, 6.07) is 3.19. The molecular weight excluding hydrogens is 288 g/mol. The van der Waals surface area contributed by atoms with Crippen LogP contribution in [0, 0.1) is 10.1 Å². The van der Waals surface area contributed by atoms with E-state index in [0.29, 0.717) is 0 Å². The lowest BCUT2D eigenvalue weighted by Crippen LogP contribution is -2.42. The Kier molecular flexibility index (Phi) is 4.41. The number of nitrogens with one attached hydrogen (secondary N) is 1. The highest BCUT2D eigenvalue weighted by molar-refractivity contribution is 6.30. The monoisotopic (exact) mass is 300 g/mol. The van der Waals surface area contributed by atoms with Gasteiger partial charge in [0, 0.05) is 23.2 Å². The third kappa shape index (κ3) is 3.82. The van der Waals surface area contributed by atoms with Crippen LogP contribution >= 0.6 is 11.6 Å². The number of ether oxygens (including phenoxy) is 1. The van der Waals surface area contributed by atoms with Crippen molar-refractivity contribution in [1.29, 1.82) is 0 Å². The van der Waals surface area contributed by atoms with Crippen molar-refractivity contribution in [3.05, 3.63) is 33.3 Å². The zero-order valence-electron chi connectivity index (χ0n) is 10.4. The highest BCUT2D eigenvalue weighted by Crippen LogP contribution is 2.30. The summed E-state index contributed by atoms with van der Waals surface area (Å²) in [4.78, 5) is 21.3. The fourth-order valence-corrected chi connectivity index (χ4v) is 1.81. The second-order valence-corrected chi connectivity index (χ2v) is 4.95. The Hall–Kier alpha value is -1.86. The van der Waals surface area contributed by atoms with Gasteiger partial charge in [-0.05, 0) is 18.9 Å². The molecule has 0 radical (unpaired) electrons. The predicted octanol–water partition coefficient (Wildman–Crippen LogP) is 1.83. The molecule has 1 aliphatic rings. The minimum Gasteiger partial charge on any atom is -0.484 e. The van der Waals surface area contributed by atoms with Crippen molar-refractivity contribution in [3.8, 4) is 5.75 Å². The van der Waals surface area contributed by atoms with Gasteiger partial charge in [0.05, 0.1) is 4.92 Å². The van der Waals surface area contributed by atoms with Crippen LogP contribution in [0.3, 0.4) is 0 Å². The molecule has 0 amide bonds. The topological polar surface area (TPSA) is 102 Å². The predicted molar refractivity (Wildman–Crippen MR) is 71.2 cm³/mol. The van der Waals surface area contributed by atoms with Crippen LogP contribution in [0.15, 0.2) is 18.2 Å². The Bertz CT molecular complexity index is 533. The Labute approximate surface area is 119 Å². The number of hydrogen-bond acceptors (Lipinski definition) is 5. The molecule has 1 atom stereocenters. The first-order valence-electron chi connectivity index (χ1n) is 6.03. The first kappa shape index (κ1) is 14.5. The number of carbonyl (C=O) groups is 1. The van der Waals surface area contributed by atoms with Crippen molar-refractivity contribution >= 4 is 23.3 Å². The first-order valence-corrected chi connectivity index (χ1v) is 6.41. The molecule has 8 heteroatoms. The Morgan fingerprint density at radius 1 is 1.60 bits per heavy atom. The van der Waals surface area contributed by atoms with Gasteiger partial charge < -0.3 is 9.84 Å². The van der Waals surface area contributed by atoms with Gasteiger partial charge in [-0.25, -0.2) is 0 Å². The lowest BCUT2D eigenvalue weighted by Gasteiger charge is -2.15. The SMILES string of the molecule is O=C(O)C(COc1cc(Cl)ccc1[N+](=O)[O-])NC1CC1. The molecule has 1 fully saturated rings. The number of rotatable bonds is 7. The van der Waals surface area contributed by atoms with Crippen LogP contribution in [-0.2, 0) is 4.79 Å². The summed E-state index contributed by atoms with van der Waals surface area (Å²) >= 11 is 5.76. The normalized spacial score (nSPS) is 15.7. The van der Waals surface area contributed by atoms with Gasteiger partial charge in [-0.1, -0.05) is 11.6 Å². The number of nitrogens with zero attached hydrogens (tertiary/aromatic N) is 1. The third-order valence-electron chi connectivity index (χ3n) is 2.84. The minimum atomic E-state index is -1.05. The van der Waals surface area contributed by atoms with E-state index in [0.717, 1.165) is 12.8 Å². The van der Waals surface area contributed by atoms with Crippen LogP contribution in [0.2, 0.25) is 5.02 Å². The maximum atomic E-state index is 11.1. The molecule has 1 aliphatic carbocycles. The van der Waals surface area contributed by atoms with Crippen molar-refractivity contribution in [2.45, 2.75) is 24.9 Å². The van der Waals surface area contributed by atoms with E-state index in [1.54, 1.807) is 0 Å². The van der Waals surface area contributed by atoms with Gasteiger partial charge in [-0.3, -0.25) is 20.2 Å². The van der Waals surface area contributed by atoms with Gasteiger partial charge >= 0.3 is 11.7 Å². The van der Waals surface area contributed by atoms with E-state index >= 15 is 0 Å². The van der Waals surface area contributed by atoms with Crippen molar-refractivity contribution < 1.29 is 19.6 Å². The number of nitro benzene ring substituents is 1. The molecule has 0 bridgehead atoms. The number of hydrogen-bond donors (Lipinski definition) is 2. The van der Waals surface area contributed by atoms with E-state index in [4.69, 9.17) is 21.4 Å². The summed E-state index contributed by atoms with van der Waals surface area (Å²) in [5.74, 6) is -1.09. The van der Waals surface area contributed by atoms with Crippen LogP contribution < -0.4 is 10.1 Å². The van der Waals surface area contributed by atoms with E-state index in [2.05, 4.69) is 5.32 Å². The fourth-order valence-electron chi connectivity index (χ4n) is 1.65. The molecule has 0 saturated heterocycles. The molecule has 0 spiro atoms. The van der Waals surface area contributed by atoms with Crippen molar-refractivity contribution in [3.63, 3.8) is 0 Å². The van der Waals surface area contributed by atoms with Gasteiger partial charge in [-0.15, -0.1) is 0 Å². The third-order valence-corrected chi connectivity index (χ3v) is 3.07. The maximum absolute atomic E-state index is 11.1. The summed E-state index contributed by atoms with van der Waals surface area (Å²) in [6.07, 6.45) is 1.86. The number of benzene rings is 1. The van der Waals surface area contributed by atoms with Crippen molar-refractivity contribution in [2.75, 3.05) is 6.61 Å². The highest BCUT2D eigenvalue weighted by atomic mass is 35.5.